The Hall–Kier alpha value is -1.87. The zero-order valence-corrected chi connectivity index (χ0v) is 21.4. The summed E-state index contributed by atoms with van der Waals surface area (Å²) in [5.41, 5.74) is 2.86. The van der Waals surface area contributed by atoms with E-state index in [0.717, 1.165) is 34.2 Å². The maximum Gasteiger partial charge on any atom is 1.00 e. The van der Waals surface area contributed by atoms with Crippen LogP contribution in [0.3, 0.4) is 0 Å². The fraction of sp³-hybridized carbons (Fsp3) is 0.240. The Bertz CT molecular complexity index is 995. The summed E-state index contributed by atoms with van der Waals surface area (Å²) in [6.45, 7) is 3.21. The van der Waals surface area contributed by atoms with Crippen molar-refractivity contribution in [1.29, 1.82) is 0 Å². The Morgan fingerprint density at radius 3 is 2.12 bits per heavy atom. The van der Waals surface area contributed by atoms with Crippen LogP contribution in [0.4, 0.5) is 11.4 Å². The maximum absolute atomic E-state index is 11.2. The normalized spacial score (nSPS) is 12.6. The van der Waals surface area contributed by atoms with E-state index >= 15 is 0 Å². The van der Waals surface area contributed by atoms with Gasteiger partial charge in [-0.05, 0) is 48.9 Å². The SMILES string of the molecule is CCOC(Cc1ccc(OCCN2c3ccccc3Oc3ccccc32)cc1)C(=O)[O-].[K+]. The Morgan fingerprint density at radius 1 is 0.969 bits per heavy atom. The summed E-state index contributed by atoms with van der Waals surface area (Å²) in [5, 5.41) is 11.2. The molecule has 3 aromatic rings. The molecule has 0 aromatic heterocycles. The van der Waals surface area contributed by atoms with Gasteiger partial charge in [0, 0.05) is 13.0 Å². The van der Waals surface area contributed by atoms with Crippen LogP contribution in [0.25, 0.3) is 0 Å². The van der Waals surface area contributed by atoms with Crippen molar-refractivity contribution in [2.75, 3.05) is 24.7 Å². The van der Waals surface area contributed by atoms with Gasteiger partial charge in [0.05, 0.1) is 23.9 Å². The molecule has 0 saturated heterocycles. The number of carboxylic acid groups (broad SMARTS) is 1. The Labute approximate surface area is 230 Å². The third-order valence-electron chi connectivity index (χ3n) is 5.09. The van der Waals surface area contributed by atoms with Gasteiger partial charge in [0.25, 0.3) is 0 Å². The number of para-hydroxylation sites is 4. The molecule has 1 atom stereocenters. The molecule has 1 aliphatic heterocycles. The summed E-state index contributed by atoms with van der Waals surface area (Å²) < 4.78 is 17.2. The van der Waals surface area contributed by atoms with E-state index in [2.05, 4.69) is 4.90 Å². The molecule has 0 amide bonds. The Kier molecular flexibility index (Phi) is 9.16. The smallest absolute Gasteiger partial charge is 0.547 e. The van der Waals surface area contributed by atoms with Gasteiger partial charge in [-0.3, -0.25) is 0 Å². The van der Waals surface area contributed by atoms with Crippen molar-refractivity contribution >= 4 is 17.3 Å². The molecule has 0 fully saturated rings. The summed E-state index contributed by atoms with van der Waals surface area (Å²) in [6, 6.07) is 23.3. The second kappa shape index (κ2) is 11.8. The minimum absolute atomic E-state index is 0. The van der Waals surface area contributed by atoms with Crippen molar-refractivity contribution in [3.63, 3.8) is 0 Å². The summed E-state index contributed by atoms with van der Waals surface area (Å²) in [4.78, 5) is 13.3. The topological polar surface area (TPSA) is 71.1 Å². The first kappa shape index (κ1) is 24.8. The molecule has 0 aliphatic carbocycles. The molecular formula is C25H24KNO5. The number of ether oxygens (including phenoxy) is 3. The number of hydrogen-bond donors (Lipinski definition) is 0. The van der Waals surface area contributed by atoms with Gasteiger partial charge in [-0.25, -0.2) is 0 Å². The average molecular weight is 458 g/mol. The van der Waals surface area contributed by atoms with Crippen LogP contribution in [0.5, 0.6) is 17.2 Å². The summed E-state index contributed by atoms with van der Waals surface area (Å²) >= 11 is 0. The van der Waals surface area contributed by atoms with Crippen molar-refractivity contribution in [1.82, 2.24) is 0 Å². The number of aliphatic carboxylic acids is 1. The minimum Gasteiger partial charge on any atom is -0.547 e. The fourth-order valence-corrected chi connectivity index (χ4v) is 3.62. The largest absolute Gasteiger partial charge is 1.00 e. The first-order chi connectivity index (χ1) is 15.2. The molecule has 0 spiro atoms. The molecule has 160 valence electrons. The molecule has 32 heavy (non-hydrogen) atoms. The van der Waals surface area contributed by atoms with Crippen LogP contribution in [0.1, 0.15) is 12.5 Å². The number of carbonyl (C=O) groups is 1. The van der Waals surface area contributed by atoms with Crippen LogP contribution in [0.15, 0.2) is 72.8 Å². The molecule has 0 bridgehead atoms. The predicted octanol–water partition coefficient (Wildman–Crippen LogP) is 0.711. The second-order valence-corrected chi connectivity index (χ2v) is 7.15. The van der Waals surface area contributed by atoms with Crippen molar-refractivity contribution in [2.45, 2.75) is 19.4 Å². The van der Waals surface area contributed by atoms with Gasteiger partial charge in [0.2, 0.25) is 0 Å². The number of fused-ring (bicyclic) bond motifs is 2. The van der Waals surface area contributed by atoms with Gasteiger partial charge in [-0.15, -0.1) is 0 Å². The van der Waals surface area contributed by atoms with E-state index in [0.29, 0.717) is 19.8 Å². The summed E-state index contributed by atoms with van der Waals surface area (Å²) in [6.07, 6.45) is -0.684. The van der Waals surface area contributed by atoms with Gasteiger partial charge >= 0.3 is 51.4 Å². The molecule has 1 unspecified atom stereocenters. The quantitative estimate of drug-likeness (QED) is 0.441. The van der Waals surface area contributed by atoms with E-state index in [-0.39, 0.29) is 57.8 Å². The van der Waals surface area contributed by atoms with Gasteiger partial charge in [-0.1, -0.05) is 36.4 Å². The number of carboxylic acids is 1. The Morgan fingerprint density at radius 2 is 1.56 bits per heavy atom. The number of hydrogen-bond acceptors (Lipinski definition) is 6. The third kappa shape index (κ3) is 5.92. The number of rotatable bonds is 9. The van der Waals surface area contributed by atoms with E-state index in [9.17, 15) is 9.90 Å². The van der Waals surface area contributed by atoms with E-state index in [1.807, 2.05) is 72.8 Å². The molecule has 1 heterocycles. The van der Waals surface area contributed by atoms with Gasteiger partial charge in [0.15, 0.2) is 11.5 Å². The Balaban J connectivity index is 0.00000289. The second-order valence-electron chi connectivity index (χ2n) is 7.15. The number of benzene rings is 3. The van der Waals surface area contributed by atoms with Crippen molar-refractivity contribution < 1.29 is 75.5 Å². The predicted molar refractivity (Wildman–Crippen MR) is 116 cm³/mol. The first-order valence-electron chi connectivity index (χ1n) is 10.3. The van der Waals surface area contributed by atoms with Crippen LogP contribution in [-0.4, -0.2) is 31.8 Å². The van der Waals surface area contributed by atoms with E-state index in [1.165, 1.54) is 0 Å². The van der Waals surface area contributed by atoms with E-state index in [1.54, 1.807) is 6.92 Å². The zero-order valence-electron chi connectivity index (χ0n) is 18.3. The number of carbonyl (C=O) groups excluding carboxylic acids is 1. The van der Waals surface area contributed by atoms with E-state index < -0.39 is 12.1 Å². The minimum atomic E-state index is -1.20. The average Bonchev–Trinajstić information content (AvgIpc) is 2.79. The molecule has 1 aliphatic rings. The molecule has 0 saturated carbocycles. The van der Waals surface area contributed by atoms with Crippen LogP contribution in [0, 0.1) is 0 Å². The van der Waals surface area contributed by atoms with Crippen molar-refractivity contribution in [3.8, 4) is 17.2 Å². The van der Waals surface area contributed by atoms with Gasteiger partial charge in [-0.2, -0.15) is 0 Å². The molecule has 6 nitrogen and oxygen atoms in total. The molecule has 0 radical (unpaired) electrons. The van der Waals surface area contributed by atoms with Crippen LogP contribution in [-0.2, 0) is 16.0 Å². The molecular weight excluding hydrogens is 433 g/mol. The molecule has 3 aromatic carbocycles. The number of nitrogens with zero attached hydrogens (tertiary/aromatic N) is 1. The van der Waals surface area contributed by atoms with Gasteiger partial charge < -0.3 is 29.0 Å². The zero-order chi connectivity index (χ0) is 21.6. The van der Waals surface area contributed by atoms with Crippen molar-refractivity contribution in [2.24, 2.45) is 0 Å². The monoisotopic (exact) mass is 457 g/mol. The van der Waals surface area contributed by atoms with Crippen LogP contribution < -0.4 is 70.9 Å². The summed E-state index contributed by atoms with van der Waals surface area (Å²) in [5.74, 6) is 1.16. The molecule has 4 rings (SSSR count). The van der Waals surface area contributed by atoms with Crippen LogP contribution >= 0.6 is 0 Å². The van der Waals surface area contributed by atoms with E-state index in [4.69, 9.17) is 14.2 Å². The van der Waals surface area contributed by atoms with Gasteiger partial charge in [0.1, 0.15) is 18.5 Å². The molecule has 7 heteroatoms. The van der Waals surface area contributed by atoms with Crippen molar-refractivity contribution in [3.05, 3.63) is 78.4 Å². The standard InChI is InChI=1S/C25H25NO5.K/c1-2-29-24(25(27)28)17-18-11-13-19(14-12-18)30-16-15-26-20-7-3-5-9-22(20)31-23-10-6-4-8-21(23)26;/h3-14,24H,2,15-17H2,1H3,(H,27,28);/q;+1/p-1. The number of anilines is 2. The molecule has 0 N–H and O–H groups in total. The fourth-order valence-electron chi connectivity index (χ4n) is 3.62. The summed E-state index contributed by atoms with van der Waals surface area (Å²) in [7, 11) is 0. The maximum atomic E-state index is 11.2. The van der Waals surface area contributed by atoms with Crippen LogP contribution in [0.2, 0.25) is 0 Å². The third-order valence-corrected chi connectivity index (χ3v) is 5.09. The first-order valence-corrected chi connectivity index (χ1v) is 10.3.